The Kier molecular flexibility index (Phi) is 6.37. The first-order valence-electron chi connectivity index (χ1n) is 7.83. The van der Waals surface area contributed by atoms with Gasteiger partial charge in [-0.3, -0.25) is 9.59 Å². The largest absolute Gasteiger partial charge is 0.493 e. The van der Waals surface area contributed by atoms with Crippen LogP contribution in [0.3, 0.4) is 0 Å². The molecule has 6 heteroatoms. The van der Waals surface area contributed by atoms with Crippen molar-refractivity contribution < 1.29 is 14.3 Å². The molecule has 1 aromatic carbocycles. The van der Waals surface area contributed by atoms with Crippen LogP contribution in [0.1, 0.15) is 35.1 Å². The molecule has 1 heterocycles. The Morgan fingerprint density at radius 2 is 2.00 bits per heavy atom. The summed E-state index contributed by atoms with van der Waals surface area (Å²) in [5.74, 6) is 0.0629. The quantitative estimate of drug-likeness (QED) is 0.838. The molecule has 1 unspecified atom stereocenters. The Morgan fingerprint density at radius 3 is 2.67 bits per heavy atom. The van der Waals surface area contributed by atoms with Gasteiger partial charge >= 0.3 is 0 Å². The first-order chi connectivity index (χ1) is 11.5. The summed E-state index contributed by atoms with van der Waals surface area (Å²) in [5, 5.41) is 4.65. The van der Waals surface area contributed by atoms with E-state index in [-0.39, 0.29) is 24.4 Å². The highest BCUT2D eigenvalue weighted by atomic mass is 32.1. The number of thiophene rings is 1. The van der Waals surface area contributed by atoms with Crippen molar-refractivity contribution in [1.82, 2.24) is 10.2 Å². The normalized spacial score (nSPS) is 11.6. The van der Waals surface area contributed by atoms with Crippen molar-refractivity contribution in [2.45, 2.75) is 19.9 Å². The number of rotatable bonds is 7. The van der Waals surface area contributed by atoms with E-state index >= 15 is 0 Å². The highest BCUT2D eigenvalue weighted by Gasteiger charge is 2.19. The number of carbonyl (C=O) groups is 2. The molecule has 0 saturated heterocycles. The molecular formula is C18H22N2O3S. The average Bonchev–Trinajstić information content (AvgIpc) is 3.13. The van der Waals surface area contributed by atoms with Gasteiger partial charge in [0, 0.05) is 11.9 Å². The predicted octanol–water partition coefficient (Wildman–Crippen LogP) is 3.10. The number of hydrogen-bond donors (Lipinski definition) is 1. The van der Waals surface area contributed by atoms with Crippen molar-refractivity contribution in [2.24, 2.45) is 0 Å². The van der Waals surface area contributed by atoms with Crippen LogP contribution < -0.4 is 10.1 Å². The number of carbonyl (C=O) groups excluding carboxylic acids is 2. The summed E-state index contributed by atoms with van der Waals surface area (Å²) in [6.07, 6.45) is 0. The van der Waals surface area contributed by atoms with E-state index in [9.17, 15) is 9.59 Å². The molecule has 1 N–H and O–H groups in total. The van der Waals surface area contributed by atoms with E-state index in [0.29, 0.717) is 17.9 Å². The van der Waals surface area contributed by atoms with E-state index < -0.39 is 0 Å². The Balaban J connectivity index is 1.95. The first-order valence-corrected chi connectivity index (χ1v) is 8.71. The topological polar surface area (TPSA) is 58.6 Å². The number of hydrogen-bond acceptors (Lipinski definition) is 4. The van der Waals surface area contributed by atoms with E-state index in [0.717, 1.165) is 4.88 Å². The fourth-order valence-corrected chi connectivity index (χ4v) is 3.07. The molecule has 0 aliphatic carbocycles. The van der Waals surface area contributed by atoms with Crippen molar-refractivity contribution in [3.8, 4) is 5.75 Å². The second kappa shape index (κ2) is 8.49. The van der Waals surface area contributed by atoms with Gasteiger partial charge in [0.15, 0.2) is 0 Å². The maximum atomic E-state index is 12.3. The molecule has 2 rings (SSSR count). The molecule has 0 aliphatic heterocycles. The first kappa shape index (κ1) is 18.0. The van der Waals surface area contributed by atoms with Crippen LogP contribution in [-0.2, 0) is 4.79 Å². The van der Waals surface area contributed by atoms with Gasteiger partial charge in [-0.1, -0.05) is 18.2 Å². The highest BCUT2D eigenvalue weighted by molar-refractivity contribution is 7.10. The maximum absolute atomic E-state index is 12.3. The number of benzene rings is 1. The SMILES string of the molecule is CCOc1ccccc1C(=O)NCC(=O)N(C)C(C)c1cccs1. The number of nitrogens with one attached hydrogen (secondary N) is 1. The number of likely N-dealkylation sites (N-methyl/N-ethyl adjacent to an activating group) is 1. The van der Waals surface area contributed by atoms with Crippen molar-refractivity contribution >= 4 is 23.2 Å². The highest BCUT2D eigenvalue weighted by Crippen LogP contribution is 2.23. The van der Waals surface area contributed by atoms with E-state index in [4.69, 9.17) is 4.74 Å². The third-order valence-electron chi connectivity index (χ3n) is 3.76. The van der Waals surface area contributed by atoms with Crippen molar-refractivity contribution in [3.05, 3.63) is 52.2 Å². The van der Waals surface area contributed by atoms with Crippen LogP contribution in [0.25, 0.3) is 0 Å². The molecule has 2 aromatic rings. The van der Waals surface area contributed by atoms with Crippen LogP contribution in [0, 0.1) is 0 Å². The minimum absolute atomic E-state index is 0.0230. The lowest BCUT2D eigenvalue weighted by Crippen LogP contribution is -2.39. The Hall–Kier alpha value is -2.34. The second-order valence-electron chi connectivity index (χ2n) is 5.31. The molecular weight excluding hydrogens is 324 g/mol. The lowest BCUT2D eigenvalue weighted by molar-refractivity contribution is -0.130. The van der Waals surface area contributed by atoms with Crippen LogP contribution in [0.5, 0.6) is 5.75 Å². The third kappa shape index (κ3) is 4.35. The molecule has 5 nitrogen and oxygen atoms in total. The van der Waals surface area contributed by atoms with E-state index in [1.165, 1.54) is 0 Å². The molecule has 1 atom stereocenters. The summed E-state index contributed by atoms with van der Waals surface area (Å²) in [6.45, 7) is 4.25. The third-order valence-corrected chi connectivity index (χ3v) is 4.80. The zero-order chi connectivity index (χ0) is 17.5. The molecule has 24 heavy (non-hydrogen) atoms. The summed E-state index contributed by atoms with van der Waals surface area (Å²) < 4.78 is 5.44. The van der Waals surface area contributed by atoms with Crippen LogP contribution in [0.15, 0.2) is 41.8 Å². The Bertz CT molecular complexity index is 685. The maximum Gasteiger partial charge on any atom is 0.255 e. The zero-order valence-electron chi connectivity index (χ0n) is 14.1. The average molecular weight is 346 g/mol. The van der Waals surface area contributed by atoms with Gasteiger partial charge in [0.25, 0.3) is 5.91 Å². The van der Waals surface area contributed by atoms with Gasteiger partial charge in [-0.2, -0.15) is 0 Å². The minimum atomic E-state index is -0.315. The smallest absolute Gasteiger partial charge is 0.255 e. The van der Waals surface area contributed by atoms with Crippen molar-refractivity contribution in [1.29, 1.82) is 0 Å². The van der Waals surface area contributed by atoms with Crippen LogP contribution >= 0.6 is 11.3 Å². The van der Waals surface area contributed by atoms with Gasteiger partial charge < -0.3 is 15.0 Å². The van der Waals surface area contributed by atoms with Crippen molar-refractivity contribution in [3.63, 3.8) is 0 Å². The molecule has 2 amide bonds. The van der Waals surface area contributed by atoms with E-state index in [1.807, 2.05) is 37.4 Å². The van der Waals surface area contributed by atoms with Gasteiger partial charge in [0.1, 0.15) is 5.75 Å². The zero-order valence-corrected chi connectivity index (χ0v) is 14.9. The lowest BCUT2D eigenvalue weighted by atomic mass is 10.2. The number of amides is 2. The molecule has 0 saturated carbocycles. The molecule has 0 radical (unpaired) electrons. The van der Waals surface area contributed by atoms with Gasteiger partial charge in [0.2, 0.25) is 5.91 Å². The minimum Gasteiger partial charge on any atom is -0.493 e. The molecule has 0 fully saturated rings. The summed E-state index contributed by atoms with van der Waals surface area (Å²) in [7, 11) is 1.74. The standard InChI is InChI=1S/C18H22N2O3S/c1-4-23-15-9-6-5-8-14(15)18(22)19-12-17(21)20(3)13(2)16-10-7-11-24-16/h5-11,13H,4,12H2,1-3H3,(H,19,22). The summed E-state index contributed by atoms with van der Waals surface area (Å²) in [6, 6.07) is 10.9. The van der Waals surface area contributed by atoms with Crippen LogP contribution in [0.4, 0.5) is 0 Å². The molecule has 1 aromatic heterocycles. The fraction of sp³-hybridized carbons (Fsp3) is 0.333. The Morgan fingerprint density at radius 1 is 1.25 bits per heavy atom. The summed E-state index contributed by atoms with van der Waals surface area (Å²) >= 11 is 1.61. The monoisotopic (exact) mass is 346 g/mol. The predicted molar refractivity (Wildman–Crippen MR) is 95.4 cm³/mol. The van der Waals surface area contributed by atoms with Gasteiger partial charge in [0.05, 0.1) is 24.8 Å². The summed E-state index contributed by atoms with van der Waals surface area (Å²) in [4.78, 5) is 27.4. The van der Waals surface area contributed by atoms with E-state index in [2.05, 4.69) is 5.32 Å². The fourth-order valence-electron chi connectivity index (χ4n) is 2.25. The molecule has 0 bridgehead atoms. The number of para-hydroxylation sites is 1. The lowest BCUT2D eigenvalue weighted by Gasteiger charge is -2.24. The Labute approximate surface area is 146 Å². The van der Waals surface area contributed by atoms with Crippen LogP contribution in [-0.4, -0.2) is 36.9 Å². The van der Waals surface area contributed by atoms with Gasteiger partial charge in [-0.05, 0) is 37.4 Å². The number of ether oxygens (including phenoxy) is 1. The second-order valence-corrected chi connectivity index (χ2v) is 6.29. The molecule has 0 spiro atoms. The molecule has 0 aliphatic rings. The molecule has 128 valence electrons. The van der Waals surface area contributed by atoms with Gasteiger partial charge in [-0.25, -0.2) is 0 Å². The van der Waals surface area contributed by atoms with Crippen molar-refractivity contribution in [2.75, 3.05) is 20.2 Å². The van der Waals surface area contributed by atoms with Gasteiger partial charge in [-0.15, -0.1) is 11.3 Å². The van der Waals surface area contributed by atoms with Crippen LogP contribution in [0.2, 0.25) is 0 Å². The summed E-state index contributed by atoms with van der Waals surface area (Å²) in [5.41, 5.74) is 0.432. The van der Waals surface area contributed by atoms with E-state index in [1.54, 1.807) is 41.5 Å². The number of nitrogens with zero attached hydrogens (tertiary/aromatic N) is 1.